The average molecular weight is 519 g/mol. The molecule has 1 aliphatic heterocycles. The van der Waals surface area contributed by atoms with Gasteiger partial charge in [0.15, 0.2) is 0 Å². The van der Waals surface area contributed by atoms with Crippen molar-refractivity contribution in [3.8, 4) is 5.75 Å². The van der Waals surface area contributed by atoms with E-state index in [2.05, 4.69) is 19.7 Å². The Balaban J connectivity index is 0.00000162. The Hall–Kier alpha value is -2.72. The summed E-state index contributed by atoms with van der Waals surface area (Å²) in [6.07, 6.45) is -0.562. The molecule has 0 bridgehead atoms. The van der Waals surface area contributed by atoms with Gasteiger partial charge in [0.05, 0.1) is 29.0 Å². The van der Waals surface area contributed by atoms with E-state index in [-0.39, 0.29) is 42.6 Å². The molecule has 0 atom stereocenters. The second kappa shape index (κ2) is 9.50. The number of hydrogen-bond acceptors (Lipinski definition) is 5. The summed E-state index contributed by atoms with van der Waals surface area (Å²) in [5.41, 5.74) is 2.06. The number of aryl methyl sites for hydroxylation is 1. The van der Waals surface area contributed by atoms with Gasteiger partial charge in [-0.05, 0) is 56.9 Å². The number of amides is 1. The number of ether oxygens (including phenoxy) is 2. The van der Waals surface area contributed by atoms with Gasteiger partial charge in [-0.3, -0.25) is 9.88 Å². The fourth-order valence-electron chi connectivity index (χ4n) is 4.64. The molecule has 2 aliphatic rings. The lowest BCUT2D eigenvalue weighted by atomic mass is 9.78. The predicted molar refractivity (Wildman–Crippen MR) is 124 cm³/mol. The number of aromatic amines is 1. The second-order valence-electron chi connectivity index (χ2n) is 8.37. The van der Waals surface area contributed by atoms with Crippen molar-refractivity contribution in [3.05, 3.63) is 48.0 Å². The molecule has 0 radical (unpaired) electrons. The maximum atomic E-state index is 12.6. The van der Waals surface area contributed by atoms with Crippen molar-refractivity contribution in [2.45, 2.75) is 50.5 Å². The number of H-pyrrole nitrogens is 1. The number of benzene rings is 1. The van der Waals surface area contributed by atoms with Crippen molar-refractivity contribution in [1.82, 2.24) is 15.0 Å². The number of hydrogen-bond donors (Lipinski definition) is 1. The molecule has 0 unspecified atom stereocenters. The lowest BCUT2D eigenvalue weighted by Crippen LogP contribution is -2.38. The summed E-state index contributed by atoms with van der Waals surface area (Å²) in [5, 5.41) is 0. The minimum Gasteiger partial charge on any atom is -0.441 e. The third-order valence-corrected chi connectivity index (χ3v) is 6.23. The number of aromatic nitrogens is 3. The van der Waals surface area contributed by atoms with Crippen LogP contribution in [0.5, 0.6) is 5.75 Å². The summed E-state index contributed by atoms with van der Waals surface area (Å²) in [4.78, 5) is 26.2. The largest absolute Gasteiger partial charge is 0.573 e. The summed E-state index contributed by atoms with van der Waals surface area (Å²) in [7, 11) is 0. The molecule has 1 saturated heterocycles. The van der Waals surface area contributed by atoms with Gasteiger partial charge in [0.2, 0.25) is 0 Å². The van der Waals surface area contributed by atoms with Crippen LogP contribution in [0, 0.1) is 6.92 Å². The number of nitrogens with one attached hydrogen (secondary N) is 1. The average Bonchev–Trinajstić information content (AvgIpc) is 3.28. The number of fused-ring (bicyclic) bond motifs is 1. The van der Waals surface area contributed by atoms with E-state index in [1.165, 1.54) is 18.2 Å². The molecule has 2 fully saturated rings. The smallest absolute Gasteiger partial charge is 0.441 e. The predicted octanol–water partition coefficient (Wildman–Crippen LogP) is 6.06. The van der Waals surface area contributed by atoms with Crippen LogP contribution in [-0.4, -0.2) is 39.6 Å². The van der Waals surface area contributed by atoms with E-state index in [0.717, 1.165) is 30.0 Å². The number of rotatable bonds is 3. The molecule has 5 rings (SSSR count). The number of anilines is 1. The van der Waals surface area contributed by atoms with Gasteiger partial charge in [-0.2, -0.15) is 0 Å². The van der Waals surface area contributed by atoms with Crippen molar-refractivity contribution >= 4 is 47.6 Å². The highest BCUT2D eigenvalue weighted by molar-refractivity contribution is 5.91. The number of nitrogens with zero attached hydrogens (tertiary/aromatic N) is 3. The maximum Gasteiger partial charge on any atom is 0.573 e. The number of carbonyl (C=O) groups excluding carboxylic acids is 1. The molecule has 12 heteroatoms. The van der Waals surface area contributed by atoms with Crippen molar-refractivity contribution in [2.24, 2.45) is 0 Å². The number of alkyl halides is 3. The number of carbonyl (C=O) groups is 1. The molecule has 1 N–H and O–H groups in total. The topological polar surface area (TPSA) is 80.3 Å². The van der Waals surface area contributed by atoms with E-state index in [1.54, 1.807) is 17.2 Å². The Bertz CT molecular complexity index is 1180. The van der Waals surface area contributed by atoms with Gasteiger partial charge in [-0.25, -0.2) is 9.78 Å². The third-order valence-electron chi connectivity index (χ3n) is 6.23. The molecule has 7 nitrogen and oxygen atoms in total. The van der Waals surface area contributed by atoms with Crippen molar-refractivity contribution in [1.29, 1.82) is 0 Å². The molecule has 1 saturated carbocycles. The molecule has 3 aromatic rings. The quantitative estimate of drug-likeness (QED) is 0.455. The van der Waals surface area contributed by atoms with Gasteiger partial charge in [-0.1, -0.05) is 0 Å². The van der Waals surface area contributed by atoms with Crippen LogP contribution in [0.25, 0.3) is 11.0 Å². The summed E-state index contributed by atoms with van der Waals surface area (Å²) in [5.74, 6) is 0.533. The highest BCUT2D eigenvalue weighted by Crippen LogP contribution is 2.44. The minimum atomic E-state index is -4.74. The monoisotopic (exact) mass is 518 g/mol. The van der Waals surface area contributed by atoms with E-state index in [9.17, 15) is 18.0 Å². The zero-order valence-electron chi connectivity index (χ0n) is 18.1. The normalized spacial score (nSPS) is 22.3. The Morgan fingerprint density at radius 3 is 2.62 bits per heavy atom. The van der Waals surface area contributed by atoms with Crippen molar-refractivity contribution < 1.29 is 27.4 Å². The van der Waals surface area contributed by atoms with Gasteiger partial charge < -0.3 is 14.5 Å². The first-order valence-corrected chi connectivity index (χ1v) is 10.4. The van der Waals surface area contributed by atoms with E-state index in [0.29, 0.717) is 30.4 Å². The molecule has 1 aromatic carbocycles. The molecule has 1 aliphatic carbocycles. The first kappa shape index (κ1) is 25.9. The molecule has 184 valence electrons. The van der Waals surface area contributed by atoms with Gasteiger partial charge in [0.25, 0.3) is 0 Å². The summed E-state index contributed by atoms with van der Waals surface area (Å²) in [6, 6.07) is 7.73. The van der Waals surface area contributed by atoms with Crippen LogP contribution < -0.4 is 9.64 Å². The first-order chi connectivity index (χ1) is 15.2. The highest BCUT2D eigenvalue weighted by atomic mass is 35.5. The zero-order valence-corrected chi connectivity index (χ0v) is 19.7. The Kier molecular flexibility index (Phi) is 7.23. The zero-order chi connectivity index (χ0) is 22.5. The van der Waals surface area contributed by atoms with Crippen LogP contribution >= 0.6 is 24.8 Å². The van der Waals surface area contributed by atoms with Crippen LogP contribution in [-0.2, 0) is 4.74 Å². The Morgan fingerprint density at radius 1 is 1.21 bits per heavy atom. The van der Waals surface area contributed by atoms with Crippen molar-refractivity contribution in [2.75, 3.05) is 11.4 Å². The summed E-state index contributed by atoms with van der Waals surface area (Å²) < 4.78 is 47.2. The van der Waals surface area contributed by atoms with Crippen LogP contribution in [0.4, 0.5) is 23.7 Å². The number of halogens is 5. The lowest BCUT2D eigenvalue weighted by Gasteiger charge is -2.34. The molecule has 3 heterocycles. The Morgan fingerprint density at radius 2 is 1.94 bits per heavy atom. The lowest BCUT2D eigenvalue weighted by molar-refractivity contribution is -0.274. The molecule has 34 heavy (non-hydrogen) atoms. The fraction of sp³-hybridized carbons (Fsp3) is 0.409. The highest BCUT2D eigenvalue weighted by Gasteiger charge is 2.48. The van der Waals surface area contributed by atoms with Crippen LogP contribution in [0.3, 0.4) is 0 Å². The van der Waals surface area contributed by atoms with Crippen LogP contribution in [0.2, 0.25) is 0 Å². The van der Waals surface area contributed by atoms with Gasteiger partial charge in [0.1, 0.15) is 17.2 Å². The molecule has 2 aromatic heterocycles. The molecule has 1 amide bonds. The van der Waals surface area contributed by atoms with Gasteiger partial charge in [0, 0.05) is 18.2 Å². The van der Waals surface area contributed by atoms with E-state index in [1.807, 2.05) is 13.0 Å². The number of pyridine rings is 1. The summed E-state index contributed by atoms with van der Waals surface area (Å²) >= 11 is 0. The standard InChI is InChI=1S/C22H21F3N4O3.2ClH/c1-13-18(3-2-10-26-13)29-12-21(32-20(29)30)8-6-14(7-9-21)19-27-16-5-4-15(11-17(16)28-19)31-22(23,24)25;;/h2-5,10-11,14H,6-9,12H2,1H3,(H,27,28);2*1H/t14-,21-;;. The molecule has 1 spiro atoms. The van der Waals surface area contributed by atoms with Gasteiger partial charge >= 0.3 is 12.5 Å². The molecular formula is C22H23Cl2F3N4O3. The van der Waals surface area contributed by atoms with Gasteiger partial charge in [-0.15, -0.1) is 38.0 Å². The maximum absolute atomic E-state index is 12.6. The van der Waals surface area contributed by atoms with E-state index in [4.69, 9.17) is 4.74 Å². The fourth-order valence-corrected chi connectivity index (χ4v) is 4.64. The summed E-state index contributed by atoms with van der Waals surface area (Å²) in [6.45, 7) is 2.33. The molecular weight excluding hydrogens is 496 g/mol. The van der Waals surface area contributed by atoms with E-state index < -0.39 is 12.0 Å². The third kappa shape index (κ3) is 5.02. The number of imidazole rings is 1. The Labute approximate surface area is 205 Å². The minimum absolute atomic E-state index is 0. The van der Waals surface area contributed by atoms with E-state index >= 15 is 0 Å². The second-order valence-corrected chi connectivity index (χ2v) is 8.37. The SMILES string of the molecule is Cc1ncccc1N1C[C@]2(CC[C@@H](c3nc4cc(OC(F)(F)F)ccc4[nH]3)CC2)OC1=O.Cl.Cl. The van der Waals surface area contributed by atoms with Crippen LogP contribution in [0.1, 0.15) is 43.1 Å². The first-order valence-electron chi connectivity index (χ1n) is 10.4. The van der Waals surface area contributed by atoms with Crippen molar-refractivity contribution in [3.63, 3.8) is 0 Å². The van der Waals surface area contributed by atoms with Crippen LogP contribution in [0.15, 0.2) is 36.5 Å².